The standard InChI is InChI=1S/C12H21N/c1-4-11(3)13-12-8-6-5-7-10(2)9-12/h6,10-11,13H,4-5,7,9H2,1-3H3. The summed E-state index contributed by atoms with van der Waals surface area (Å²) in [5.41, 5.74) is 4.66. The van der Waals surface area contributed by atoms with Crippen molar-refractivity contribution in [3.8, 4) is 0 Å². The van der Waals surface area contributed by atoms with Crippen molar-refractivity contribution in [2.45, 2.75) is 52.5 Å². The maximum absolute atomic E-state index is 3.51. The van der Waals surface area contributed by atoms with Crippen molar-refractivity contribution in [1.82, 2.24) is 5.32 Å². The molecule has 0 fully saturated rings. The van der Waals surface area contributed by atoms with E-state index in [1.807, 2.05) is 0 Å². The smallest absolute Gasteiger partial charge is 0.0539 e. The normalized spacial score (nSPS) is 24.8. The highest BCUT2D eigenvalue weighted by molar-refractivity contribution is 5.04. The molecule has 2 atom stereocenters. The van der Waals surface area contributed by atoms with E-state index >= 15 is 0 Å². The van der Waals surface area contributed by atoms with Gasteiger partial charge in [0.05, 0.1) is 5.70 Å². The summed E-state index contributed by atoms with van der Waals surface area (Å²) >= 11 is 0. The Bertz CT molecular complexity index is 211. The van der Waals surface area contributed by atoms with Crippen molar-refractivity contribution in [2.75, 3.05) is 0 Å². The highest BCUT2D eigenvalue weighted by Gasteiger charge is 2.09. The molecule has 1 rings (SSSR count). The minimum absolute atomic E-state index is 0.584. The van der Waals surface area contributed by atoms with Crippen LogP contribution in [0.15, 0.2) is 17.5 Å². The first-order valence-corrected chi connectivity index (χ1v) is 5.43. The van der Waals surface area contributed by atoms with E-state index in [4.69, 9.17) is 0 Å². The Balaban J connectivity index is 2.51. The lowest BCUT2D eigenvalue weighted by atomic mass is 10.0. The summed E-state index contributed by atoms with van der Waals surface area (Å²) in [5, 5.41) is 3.51. The lowest BCUT2D eigenvalue weighted by Crippen LogP contribution is -2.24. The molecule has 1 heteroatoms. The van der Waals surface area contributed by atoms with Crippen molar-refractivity contribution in [3.63, 3.8) is 0 Å². The molecule has 0 saturated carbocycles. The molecule has 0 spiro atoms. The van der Waals surface area contributed by atoms with Crippen LogP contribution in [0.2, 0.25) is 0 Å². The predicted octanol–water partition coefficient (Wildman–Crippen LogP) is 3.23. The summed E-state index contributed by atoms with van der Waals surface area (Å²) in [6.07, 6.45) is 7.01. The van der Waals surface area contributed by atoms with Crippen LogP contribution in [-0.4, -0.2) is 6.04 Å². The Hall–Kier alpha value is -0.680. The van der Waals surface area contributed by atoms with Crippen molar-refractivity contribution in [2.24, 2.45) is 5.92 Å². The monoisotopic (exact) mass is 179 g/mol. The molecule has 0 bridgehead atoms. The van der Waals surface area contributed by atoms with Crippen LogP contribution < -0.4 is 5.32 Å². The zero-order valence-corrected chi connectivity index (χ0v) is 9.06. The molecule has 0 aliphatic heterocycles. The summed E-state index contributed by atoms with van der Waals surface area (Å²) < 4.78 is 0. The summed E-state index contributed by atoms with van der Waals surface area (Å²) in [4.78, 5) is 0. The van der Waals surface area contributed by atoms with Gasteiger partial charge in [-0.05, 0) is 44.6 Å². The number of rotatable bonds is 3. The Morgan fingerprint density at radius 2 is 2.46 bits per heavy atom. The molecule has 74 valence electrons. The molecule has 1 aliphatic rings. The van der Waals surface area contributed by atoms with Gasteiger partial charge in [0.1, 0.15) is 0 Å². The lowest BCUT2D eigenvalue weighted by molar-refractivity contribution is 0.498. The molecule has 13 heavy (non-hydrogen) atoms. The molecule has 1 N–H and O–H groups in total. The van der Waals surface area contributed by atoms with Gasteiger partial charge < -0.3 is 5.32 Å². The maximum atomic E-state index is 3.51. The van der Waals surface area contributed by atoms with Gasteiger partial charge in [0.2, 0.25) is 0 Å². The topological polar surface area (TPSA) is 12.0 Å². The van der Waals surface area contributed by atoms with Gasteiger partial charge in [0, 0.05) is 6.04 Å². The average Bonchev–Trinajstić information content (AvgIpc) is 2.30. The fourth-order valence-electron chi connectivity index (χ4n) is 1.57. The van der Waals surface area contributed by atoms with Gasteiger partial charge in [-0.3, -0.25) is 0 Å². The number of allylic oxidation sites excluding steroid dienone is 1. The van der Waals surface area contributed by atoms with Crippen LogP contribution in [0.4, 0.5) is 0 Å². The summed E-state index contributed by atoms with van der Waals surface area (Å²) in [7, 11) is 0. The Morgan fingerprint density at radius 3 is 3.15 bits per heavy atom. The number of nitrogens with one attached hydrogen (secondary N) is 1. The summed E-state index contributed by atoms with van der Waals surface area (Å²) in [5.74, 6) is 0.804. The van der Waals surface area contributed by atoms with E-state index in [1.54, 1.807) is 0 Å². The second-order valence-electron chi connectivity index (χ2n) is 4.17. The van der Waals surface area contributed by atoms with Crippen molar-refractivity contribution >= 4 is 0 Å². The molecule has 0 aromatic heterocycles. The molecule has 1 aliphatic carbocycles. The van der Waals surface area contributed by atoms with Crippen LogP contribution in [0, 0.1) is 5.92 Å². The SMILES string of the molecule is CCC(C)NC1=C=CCCC(C)C1. The van der Waals surface area contributed by atoms with Gasteiger partial charge in [-0.25, -0.2) is 0 Å². The van der Waals surface area contributed by atoms with E-state index in [2.05, 4.69) is 37.9 Å². The van der Waals surface area contributed by atoms with Gasteiger partial charge in [-0.1, -0.05) is 13.8 Å². The van der Waals surface area contributed by atoms with Crippen LogP contribution in [0.25, 0.3) is 0 Å². The van der Waals surface area contributed by atoms with E-state index in [1.165, 1.54) is 31.4 Å². The van der Waals surface area contributed by atoms with E-state index in [0.29, 0.717) is 6.04 Å². The molecule has 0 amide bonds. The molecule has 0 saturated heterocycles. The number of hydrogen-bond donors (Lipinski definition) is 1. The van der Waals surface area contributed by atoms with E-state index in [9.17, 15) is 0 Å². The quantitative estimate of drug-likeness (QED) is 0.656. The highest BCUT2D eigenvalue weighted by Crippen LogP contribution is 2.18. The van der Waals surface area contributed by atoms with Gasteiger partial charge in [-0.2, -0.15) is 0 Å². The fourth-order valence-corrected chi connectivity index (χ4v) is 1.57. The van der Waals surface area contributed by atoms with E-state index < -0.39 is 0 Å². The summed E-state index contributed by atoms with van der Waals surface area (Å²) in [6.45, 7) is 6.76. The van der Waals surface area contributed by atoms with Crippen LogP contribution >= 0.6 is 0 Å². The first-order valence-electron chi connectivity index (χ1n) is 5.43. The molecular weight excluding hydrogens is 158 g/mol. The fraction of sp³-hybridized carbons (Fsp3) is 0.750. The minimum Gasteiger partial charge on any atom is -0.380 e. The average molecular weight is 179 g/mol. The molecule has 0 aromatic carbocycles. The van der Waals surface area contributed by atoms with Crippen molar-refractivity contribution < 1.29 is 0 Å². The maximum Gasteiger partial charge on any atom is 0.0539 e. The Morgan fingerprint density at radius 1 is 1.69 bits per heavy atom. The van der Waals surface area contributed by atoms with Crippen molar-refractivity contribution in [1.29, 1.82) is 0 Å². The highest BCUT2D eigenvalue weighted by atomic mass is 14.9. The molecule has 0 aromatic rings. The second kappa shape index (κ2) is 5.14. The van der Waals surface area contributed by atoms with Crippen LogP contribution in [0.3, 0.4) is 0 Å². The third-order valence-corrected chi connectivity index (χ3v) is 2.67. The third-order valence-electron chi connectivity index (χ3n) is 2.67. The predicted molar refractivity (Wildman–Crippen MR) is 57.5 cm³/mol. The number of hydrogen-bond acceptors (Lipinski definition) is 1. The molecular formula is C12H21N. The Labute approximate surface area is 81.9 Å². The first-order chi connectivity index (χ1) is 6.22. The van der Waals surface area contributed by atoms with Gasteiger partial charge in [0.15, 0.2) is 0 Å². The molecule has 2 unspecified atom stereocenters. The van der Waals surface area contributed by atoms with Crippen molar-refractivity contribution in [3.05, 3.63) is 17.5 Å². The molecule has 1 nitrogen and oxygen atoms in total. The second-order valence-corrected chi connectivity index (χ2v) is 4.17. The van der Waals surface area contributed by atoms with Crippen LogP contribution in [0.5, 0.6) is 0 Å². The summed E-state index contributed by atoms with van der Waals surface area (Å²) in [6, 6.07) is 0.584. The zero-order valence-electron chi connectivity index (χ0n) is 9.06. The largest absolute Gasteiger partial charge is 0.380 e. The van der Waals surface area contributed by atoms with Gasteiger partial charge >= 0.3 is 0 Å². The van der Waals surface area contributed by atoms with Crippen LogP contribution in [0.1, 0.15) is 46.5 Å². The van der Waals surface area contributed by atoms with E-state index in [-0.39, 0.29) is 0 Å². The van der Waals surface area contributed by atoms with Crippen LogP contribution in [-0.2, 0) is 0 Å². The first kappa shape index (κ1) is 10.4. The Kier molecular flexibility index (Phi) is 4.11. The van der Waals surface area contributed by atoms with E-state index in [0.717, 1.165) is 5.92 Å². The van der Waals surface area contributed by atoms with Gasteiger partial charge in [-0.15, -0.1) is 5.73 Å². The molecule has 0 radical (unpaired) electrons. The third kappa shape index (κ3) is 3.69. The van der Waals surface area contributed by atoms with Gasteiger partial charge in [0.25, 0.3) is 0 Å². The lowest BCUT2D eigenvalue weighted by Gasteiger charge is -2.16. The minimum atomic E-state index is 0.584. The zero-order chi connectivity index (χ0) is 9.68. The molecule has 0 heterocycles.